The second kappa shape index (κ2) is 5.81. The van der Waals surface area contributed by atoms with Gasteiger partial charge in [0, 0.05) is 0 Å². The Kier molecular flexibility index (Phi) is 4.50. The van der Waals surface area contributed by atoms with Gasteiger partial charge in [-0.05, 0) is 24.8 Å². The quantitative estimate of drug-likeness (QED) is 0.338. The van der Waals surface area contributed by atoms with Crippen molar-refractivity contribution in [1.82, 2.24) is 0 Å². The van der Waals surface area contributed by atoms with E-state index in [4.69, 9.17) is 0 Å². The zero-order valence-corrected chi connectivity index (χ0v) is 7.70. The van der Waals surface area contributed by atoms with Gasteiger partial charge in [-0.25, -0.2) is 0 Å². The van der Waals surface area contributed by atoms with E-state index in [1.165, 1.54) is 32.1 Å². The number of hydrogen-bond acceptors (Lipinski definition) is 2. The predicted molar refractivity (Wildman–Crippen MR) is 51.2 cm³/mol. The average molecular weight is 167 g/mol. The van der Waals surface area contributed by atoms with Crippen LogP contribution in [-0.2, 0) is 4.84 Å². The van der Waals surface area contributed by atoms with E-state index in [1.54, 1.807) is 13.3 Å². The van der Waals surface area contributed by atoms with E-state index in [-0.39, 0.29) is 0 Å². The number of rotatable bonds is 6. The lowest BCUT2D eigenvalue weighted by Gasteiger charge is -1.91. The third kappa shape index (κ3) is 4.94. The van der Waals surface area contributed by atoms with Crippen molar-refractivity contribution in [2.24, 2.45) is 11.1 Å². The highest BCUT2D eigenvalue weighted by Gasteiger charge is 2.19. The van der Waals surface area contributed by atoms with E-state index in [0.717, 1.165) is 5.92 Å². The molecule has 0 atom stereocenters. The molecular weight excluding hydrogens is 150 g/mol. The van der Waals surface area contributed by atoms with Crippen molar-refractivity contribution in [2.45, 2.75) is 32.1 Å². The van der Waals surface area contributed by atoms with Gasteiger partial charge in [0.25, 0.3) is 0 Å². The van der Waals surface area contributed by atoms with Gasteiger partial charge in [-0.1, -0.05) is 30.5 Å². The van der Waals surface area contributed by atoms with Gasteiger partial charge in [0.15, 0.2) is 0 Å². The van der Waals surface area contributed by atoms with Gasteiger partial charge in [-0.3, -0.25) is 0 Å². The van der Waals surface area contributed by atoms with Crippen molar-refractivity contribution in [1.29, 1.82) is 0 Å². The second-order valence-electron chi connectivity index (χ2n) is 3.24. The summed E-state index contributed by atoms with van der Waals surface area (Å²) in [5.74, 6) is 1.06. The maximum atomic E-state index is 4.51. The summed E-state index contributed by atoms with van der Waals surface area (Å²) in [6.45, 7) is 0. The van der Waals surface area contributed by atoms with Crippen molar-refractivity contribution in [2.75, 3.05) is 7.11 Å². The molecule has 2 nitrogen and oxygen atoms in total. The first kappa shape index (κ1) is 9.30. The van der Waals surface area contributed by atoms with Crippen molar-refractivity contribution < 1.29 is 4.84 Å². The molecule has 1 fully saturated rings. The van der Waals surface area contributed by atoms with Gasteiger partial charge in [0.05, 0.1) is 6.21 Å². The molecule has 12 heavy (non-hydrogen) atoms. The highest BCUT2D eigenvalue weighted by atomic mass is 16.6. The summed E-state index contributed by atoms with van der Waals surface area (Å²) in [6, 6.07) is 0. The van der Waals surface area contributed by atoms with Crippen LogP contribution in [0.2, 0.25) is 0 Å². The lowest BCUT2D eigenvalue weighted by molar-refractivity contribution is 0.215. The predicted octanol–water partition coefficient (Wildman–Crippen LogP) is 2.76. The molecule has 0 heterocycles. The Morgan fingerprint density at radius 1 is 1.50 bits per heavy atom. The van der Waals surface area contributed by atoms with Crippen LogP contribution in [0.5, 0.6) is 0 Å². The molecule has 1 rings (SSSR count). The normalized spacial score (nSPS) is 17.8. The minimum absolute atomic E-state index is 1.06. The van der Waals surface area contributed by atoms with Gasteiger partial charge in [-0.15, -0.1) is 0 Å². The molecule has 0 spiro atoms. The van der Waals surface area contributed by atoms with Gasteiger partial charge in [0.1, 0.15) is 7.11 Å². The summed E-state index contributed by atoms with van der Waals surface area (Å²) < 4.78 is 0. The highest BCUT2D eigenvalue weighted by Crippen LogP contribution is 2.33. The van der Waals surface area contributed by atoms with E-state index >= 15 is 0 Å². The minimum Gasteiger partial charge on any atom is -0.399 e. The summed E-state index contributed by atoms with van der Waals surface area (Å²) in [7, 11) is 1.55. The number of unbranched alkanes of at least 4 members (excludes halogenated alkanes) is 1. The number of allylic oxidation sites excluding steroid dienone is 2. The van der Waals surface area contributed by atoms with Crippen LogP contribution in [-0.4, -0.2) is 13.3 Å². The maximum absolute atomic E-state index is 4.51. The molecule has 1 aliphatic rings. The van der Waals surface area contributed by atoms with E-state index in [1.807, 2.05) is 6.08 Å². The summed E-state index contributed by atoms with van der Waals surface area (Å²) in [5, 5.41) is 3.61. The Labute approximate surface area is 74.3 Å². The average Bonchev–Trinajstić information content (AvgIpc) is 2.87. The first-order valence-electron chi connectivity index (χ1n) is 4.65. The highest BCUT2D eigenvalue weighted by molar-refractivity contribution is 5.70. The molecule has 1 aliphatic carbocycles. The van der Waals surface area contributed by atoms with Crippen LogP contribution in [0.15, 0.2) is 17.3 Å². The van der Waals surface area contributed by atoms with Crippen molar-refractivity contribution in [3.8, 4) is 0 Å². The van der Waals surface area contributed by atoms with Crippen LogP contribution in [0, 0.1) is 5.92 Å². The summed E-state index contributed by atoms with van der Waals surface area (Å²) in [6.07, 6.45) is 12.6. The molecular formula is C10H17NO. The fraction of sp³-hybridized carbons (Fsp3) is 0.700. The second-order valence-corrected chi connectivity index (χ2v) is 3.24. The number of hydrogen-bond donors (Lipinski definition) is 0. The Balaban J connectivity index is 1.86. The van der Waals surface area contributed by atoms with Gasteiger partial charge in [0.2, 0.25) is 0 Å². The third-order valence-corrected chi connectivity index (χ3v) is 2.07. The minimum atomic E-state index is 1.06. The van der Waals surface area contributed by atoms with Crippen LogP contribution in [0.25, 0.3) is 0 Å². The van der Waals surface area contributed by atoms with E-state index in [2.05, 4.69) is 16.1 Å². The molecule has 1 saturated carbocycles. The summed E-state index contributed by atoms with van der Waals surface area (Å²) in [4.78, 5) is 4.51. The number of nitrogens with zero attached hydrogens (tertiary/aromatic N) is 1. The van der Waals surface area contributed by atoms with Crippen molar-refractivity contribution in [3.05, 3.63) is 12.2 Å². The lowest BCUT2D eigenvalue weighted by atomic mass is 10.2. The Bertz CT molecular complexity index is 159. The molecule has 0 unspecified atom stereocenters. The fourth-order valence-corrected chi connectivity index (χ4v) is 1.18. The topological polar surface area (TPSA) is 21.6 Å². The van der Waals surface area contributed by atoms with Crippen LogP contribution < -0.4 is 0 Å². The van der Waals surface area contributed by atoms with Crippen LogP contribution in [0.3, 0.4) is 0 Å². The van der Waals surface area contributed by atoms with Crippen LogP contribution in [0.1, 0.15) is 32.1 Å². The molecule has 0 radical (unpaired) electrons. The monoisotopic (exact) mass is 167 g/mol. The zero-order chi connectivity index (χ0) is 8.65. The van der Waals surface area contributed by atoms with Crippen LogP contribution in [0.4, 0.5) is 0 Å². The molecule has 0 saturated heterocycles. The van der Waals surface area contributed by atoms with Gasteiger partial charge < -0.3 is 4.84 Å². The first-order chi connectivity index (χ1) is 5.93. The summed E-state index contributed by atoms with van der Waals surface area (Å²) in [5.41, 5.74) is 0. The van der Waals surface area contributed by atoms with Crippen molar-refractivity contribution >= 4 is 6.21 Å². The molecule has 0 amide bonds. The standard InChI is InChI=1S/C10H17NO/c1-12-11-9-5-3-2-4-6-10-7-8-10/h3,5,9-10H,2,4,6-8H2,1H3. The smallest absolute Gasteiger partial charge is 0.106 e. The molecule has 0 aliphatic heterocycles. The molecule has 2 heteroatoms. The Morgan fingerprint density at radius 3 is 3.00 bits per heavy atom. The third-order valence-electron chi connectivity index (χ3n) is 2.07. The lowest BCUT2D eigenvalue weighted by Crippen LogP contribution is -1.76. The maximum Gasteiger partial charge on any atom is 0.106 e. The molecule has 0 bridgehead atoms. The SMILES string of the molecule is CON=CC=CCCCC1CC1. The van der Waals surface area contributed by atoms with E-state index < -0.39 is 0 Å². The fourth-order valence-electron chi connectivity index (χ4n) is 1.18. The van der Waals surface area contributed by atoms with Crippen LogP contribution >= 0.6 is 0 Å². The molecule has 0 aromatic carbocycles. The molecule has 68 valence electrons. The number of oxime groups is 1. The van der Waals surface area contributed by atoms with E-state index in [9.17, 15) is 0 Å². The largest absolute Gasteiger partial charge is 0.399 e. The van der Waals surface area contributed by atoms with Crippen molar-refractivity contribution in [3.63, 3.8) is 0 Å². The first-order valence-corrected chi connectivity index (χ1v) is 4.65. The zero-order valence-electron chi connectivity index (χ0n) is 7.70. The molecule has 0 N–H and O–H groups in total. The summed E-state index contributed by atoms with van der Waals surface area (Å²) >= 11 is 0. The molecule has 0 aromatic heterocycles. The Hall–Kier alpha value is -0.790. The van der Waals surface area contributed by atoms with E-state index in [0.29, 0.717) is 0 Å². The Morgan fingerprint density at radius 2 is 2.33 bits per heavy atom. The molecule has 0 aromatic rings. The van der Waals surface area contributed by atoms with Gasteiger partial charge in [-0.2, -0.15) is 0 Å². The van der Waals surface area contributed by atoms with Gasteiger partial charge >= 0.3 is 0 Å².